The van der Waals surface area contributed by atoms with Gasteiger partial charge < -0.3 is 30.3 Å². The third kappa shape index (κ3) is 9.31. The number of hydrogen-bond donors (Lipinski definition) is 4. The minimum atomic E-state index is -1.04. The molecule has 0 radical (unpaired) electrons. The zero-order chi connectivity index (χ0) is 35.8. The summed E-state index contributed by atoms with van der Waals surface area (Å²) in [7, 11) is 0. The third-order valence-electron chi connectivity index (χ3n) is 9.28. The largest absolute Gasteiger partial charge is 0.506 e. The first kappa shape index (κ1) is 36.8. The maximum Gasteiger partial charge on any atom is 0.305 e. The molecule has 49 heavy (non-hydrogen) atoms. The van der Waals surface area contributed by atoms with E-state index in [1.807, 2.05) is 0 Å². The van der Waals surface area contributed by atoms with Crippen LogP contribution in [0.3, 0.4) is 0 Å². The molecule has 0 saturated carbocycles. The van der Waals surface area contributed by atoms with E-state index in [1.165, 1.54) is 17.2 Å². The number of rotatable bonds is 16. The highest BCUT2D eigenvalue weighted by Gasteiger charge is 2.27. The van der Waals surface area contributed by atoms with Crippen molar-refractivity contribution in [1.82, 2.24) is 5.32 Å². The number of carbonyl (C=O) groups is 3. The molecule has 0 atom stereocenters. The van der Waals surface area contributed by atoms with E-state index in [4.69, 9.17) is 14.6 Å². The number of anilines is 1. The average molecular weight is 669 g/mol. The van der Waals surface area contributed by atoms with Gasteiger partial charge in [0.1, 0.15) is 23.0 Å². The maximum absolute atomic E-state index is 12.8. The summed E-state index contributed by atoms with van der Waals surface area (Å²) in [4.78, 5) is 36.4. The molecule has 0 bridgehead atoms. The number of carbonyl (C=O) groups excluding carboxylic acids is 2. The second-order valence-electron chi connectivity index (χ2n) is 13.5. The normalized spacial score (nSPS) is 11.6. The standard InChI is InChI=1S/C40H48N2O7/c1-7-39(3,4)26-15-20-33(32(24-26)40(5,6)8-2)48-23-11-14-35(43)42-27-16-18-28(19-17-27)49-34-25-31(38(47)41-22-21-36(44)45)37(46)30-13-10-9-12-29(30)34/h9-10,12-13,15-20,24-25,46H,7-8,11,14,21-23H2,1-6H3,(H,41,47)(H,42,43)(H,44,45). The van der Waals surface area contributed by atoms with Crippen molar-refractivity contribution >= 4 is 34.2 Å². The number of nitrogens with one attached hydrogen (secondary N) is 2. The Kier molecular flexibility index (Phi) is 11.9. The molecule has 0 aliphatic carbocycles. The molecule has 0 fully saturated rings. The van der Waals surface area contributed by atoms with Gasteiger partial charge in [0.25, 0.3) is 5.91 Å². The van der Waals surface area contributed by atoms with Gasteiger partial charge in [-0.1, -0.05) is 77.9 Å². The van der Waals surface area contributed by atoms with E-state index < -0.39 is 11.9 Å². The number of carboxylic acid groups (broad SMARTS) is 1. The number of ether oxygens (including phenoxy) is 2. The van der Waals surface area contributed by atoms with Crippen molar-refractivity contribution in [2.24, 2.45) is 0 Å². The molecule has 9 heteroatoms. The fourth-order valence-corrected chi connectivity index (χ4v) is 5.33. The predicted octanol–water partition coefficient (Wildman–Crippen LogP) is 8.72. The zero-order valence-corrected chi connectivity index (χ0v) is 29.3. The van der Waals surface area contributed by atoms with Crippen molar-refractivity contribution < 1.29 is 34.1 Å². The Morgan fingerprint density at radius 1 is 0.796 bits per heavy atom. The predicted molar refractivity (Wildman–Crippen MR) is 193 cm³/mol. The monoisotopic (exact) mass is 668 g/mol. The SMILES string of the molecule is CCC(C)(C)c1ccc(OCCCC(=O)Nc2ccc(Oc3cc(C(=O)NCCC(=O)O)c(O)c4ccccc34)cc2)c(C(C)(C)CC)c1. The molecule has 0 heterocycles. The number of hydrogen-bond acceptors (Lipinski definition) is 6. The summed E-state index contributed by atoms with van der Waals surface area (Å²) in [6, 6.07) is 21.8. The average Bonchev–Trinajstić information content (AvgIpc) is 3.08. The van der Waals surface area contributed by atoms with Gasteiger partial charge >= 0.3 is 5.97 Å². The first-order valence-corrected chi connectivity index (χ1v) is 16.9. The first-order valence-electron chi connectivity index (χ1n) is 16.9. The summed E-state index contributed by atoms with van der Waals surface area (Å²) in [6.45, 7) is 13.7. The molecule has 260 valence electrons. The molecule has 0 spiro atoms. The lowest BCUT2D eigenvalue weighted by molar-refractivity contribution is -0.136. The van der Waals surface area contributed by atoms with E-state index in [0.29, 0.717) is 47.4 Å². The second-order valence-corrected chi connectivity index (χ2v) is 13.5. The van der Waals surface area contributed by atoms with Gasteiger partial charge in [-0.25, -0.2) is 0 Å². The molecular weight excluding hydrogens is 620 g/mol. The van der Waals surface area contributed by atoms with Crippen LogP contribution < -0.4 is 20.1 Å². The summed E-state index contributed by atoms with van der Waals surface area (Å²) in [5.41, 5.74) is 3.10. The van der Waals surface area contributed by atoms with Crippen LogP contribution in [-0.4, -0.2) is 41.1 Å². The fraction of sp³-hybridized carbons (Fsp3) is 0.375. The molecule has 0 unspecified atom stereocenters. The number of phenolic OH excluding ortho intramolecular Hbond substituents is 1. The second kappa shape index (κ2) is 15.9. The molecule has 0 aliphatic rings. The minimum absolute atomic E-state index is 0.0327. The van der Waals surface area contributed by atoms with Crippen LogP contribution in [0.25, 0.3) is 10.8 Å². The lowest BCUT2D eigenvalue weighted by atomic mass is 9.76. The Morgan fingerprint density at radius 3 is 2.12 bits per heavy atom. The minimum Gasteiger partial charge on any atom is -0.506 e. The quantitative estimate of drug-likeness (QED) is 0.0878. The highest BCUT2D eigenvalue weighted by molar-refractivity contribution is 6.06. The summed E-state index contributed by atoms with van der Waals surface area (Å²) < 4.78 is 12.3. The van der Waals surface area contributed by atoms with Crippen LogP contribution in [0, 0.1) is 0 Å². The van der Waals surface area contributed by atoms with Crippen LogP contribution in [0.2, 0.25) is 0 Å². The van der Waals surface area contributed by atoms with Gasteiger partial charge in [-0.3, -0.25) is 14.4 Å². The molecule has 0 aromatic heterocycles. The fourth-order valence-electron chi connectivity index (χ4n) is 5.33. The molecular formula is C40H48N2O7. The van der Waals surface area contributed by atoms with E-state index in [0.717, 1.165) is 18.6 Å². The number of amides is 2. The van der Waals surface area contributed by atoms with Gasteiger partial charge in [-0.05, 0) is 72.1 Å². The summed E-state index contributed by atoms with van der Waals surface area (Å²) in [5.74, 6) is -0.351. The van der Waals surface area contributed by atoms with Gasteiger partial charge in [-0.2, -0.15) is 0 Å². The van der Waals surface area contributed by atoms with Crippen molar-refractivity contribution in [3.8, 4) is 23.0 Å². The van der Waals surface area contributed by atoms with E-state index in [1.54, 1.807) is 48.5 Å². The molecule has 9 nitrogen and oxygen atoms in total. The number of phenols is 1. The Balaban J connectivity index is 1.37. The van der Waals surface area contributed by atoms with E-state index >= 15 is 0 Å². The summed E-state index contributed by atoms with van der Waals surface area (Å²) in [6.07, 6.45) is 2.62. The number of benzene rings is 4. The summed E-state index contributed by atoms with van der Waals surface area (Å²) >= 11 is 0. The van der Waals surface area contributed by atoms with Crippen molar-refractivity contribution in [2.75, 3.05) is 18.5 Å². The van der Waals surface area contributed by atoms with Crippen LogP contribution >= 0.6 is 0 Å². The van der Waals surface area contributed by atoms with Crippen LogP contribution in [0.5, 0.6) is 23.0 Å². The number of fused-ring (bicyclic) bond motifs is 1. The van der Waals surface area contributed by atoms with Crippen molar-refractivity contribution in [3.63, 3.8) is 0 Å². The Bertz CT molecular complexity index is 1790. The van der Waals surface area contributed by atoms with Gasteiger partial charge in [0.15, 0.2) is 0 Å². The molecule has 0 aliphatic heterocycles. The van der Waals surface area contributed by atoms with Gasteiger partial charge in [0, 0.05) is 35.0 Å². The van der Waals surface area contributed by atoms with Crippen molar-refractivity contribution in [1.29, 1.82) is 0 Å². The van der Waals surface area contributed by atoms with Crippen molar-refractivity contribution in [2.45, 2.75) is 84.5 Å². The van der Waals surface area contributed by atoms with Gasteiger partial charge in [0.2, 0.25) is 5.91 Å². The van der Waals surface area contributed by atoms with Gasteiger partial charge in [-0.15, -0.1) is 0 Å². The lowest BCUT2D eigenvalue weighted by Crippen LogP contribution is -2.26. The number of aliphatic carboxylic acids is 1. The molecule has 2 amide bonds. The smallest absolute Gasteiger partial charge is 0.305 e. The molecule has 4 aromatic carbocycles. The highest BCUT2D eigenvalue weighted by atomic mass is 16.5. The number of carboxylic acids is 1. The Morgan fingerprint density at radius 2 is 1.47 bits per heavy atom. The highest BCUT2D eigenvalue weighted by Crippen LogP contribution is 2.40. The molecule has 4 N–H and O–H groups in total. The zero-order valence-electron chi connectivity index (χ0n) is 29.3. The maximum atomic E-state index is 12.8. The van der Waals surface area contributed by atoms with E-state index in [2.05, 4.69) is 70.4 Å². The van der Waals surface area contributed by atoms with Gasteiger partial charge in [0.05, 0.1) is 18.6 Å². The number of aromatic hydroxyl groups is 1. The Labute approximate surface area is 288 Å². The van der Waals surface area contributed by atoms with Crippen LogP contribution in [0.15, 0.2) is 72.8 Å². The third-order valence-corrected chi connectivity index (χ3v) is 9.28. The first-order chi connectivity index (χ1) is 23.3. The van der Waals surface area contributed by atoms with Crippen LogP contribution in [0.1, 0.15) is 95.1 Å². The topological polar surface area (TPSA) is 134 Å². The molecule has 0 saturated heterocycles. The summed E-state index contributed by atoms with van der Waals surface area (Å²) in [5, 5.41) is 26.1. The Hall–Kier alpha value is -5.05. The molecule has 4 aromatic rings. The van der Waals surface area contributed by atoms with E-state index in [9.17, 15) is 19.5 Å². The van der Waals surface area contributed by atoms with Crippen LogP contribution in [0.4, 0.5) is 5.69 Å². The lowest BCUT2D eigenvalue weighted by Gasteiger charge is -2.30. The van der Waals surface area contributed by atoms with Crippen LogP contribution in [-0.2, 0) is 20.4 Å². The van der Waals surface area contributed by atoms with E-state index in [-0.39, 0.29) is 41.0 Å². The molecule has 4 rings (SSSR count). The van der Waals surface area contributed by atoms with Crippen molar-refractivity contribution in [3.05, 3.63) is 89.5 Å².